The molecule has 21 heavy (non-hydrogen) atoms. The van der Waals surface area contributed by atoms with E-state index in [9.17, 15) is 0 Å². The molecular formula is C13H18ClN5O2. The molecule has 0 saturated carbocycles. The normalized spacial score (nSPS) is 18.2. The van der Waals surface area contributed by atoms with Crippen LogP contribution < -0.4 is 16.2 Å². The maximum absolute atomic E-state index is 5.80. The number of benzene rings is 1. The lowest BCUT2D eigenvalue weighted by Gasteiger charge is -2.28. The number of halogens is 1. The number of nitrogens with zero attached hydrogens (tertiary/aromatic N) is 3. The van der Waals surface area contributed by atoms with Crippen LogP contribution in [0, 0.1) is 0 Å². The summed E-state index contributed by atoms with van der Waals surface area (Å²) in [6.07, 6.45) is 0.401. The number of nitrogens with two attached hydrogens (primary N) is 2. The summed E-state index contributed by atoms with van der Waals surface area (Å²) >= 11 is 5.80. The minimum atomic E-state index is -0.292. The maximum atomic E-state index is 5.80. The fraction of sp³-hybridized carbons (Fsp3) is 0.385. The molecule has 4 N–H and O–H groups in total. The average molecular weight is 312 g/mol. The number of hydrogen-bond acceptors (Lipinski definition) is 7. The van der Waals surface area contributed by atoms with Gasteiger partial charge in [-0.15, -0.1) is 0 Å². The lowest BCUT2D eigenvalue weighted by atomic mass is 10.3. The molecule has 0 bridgehead atoms. The second-order valence-corrected chi connectivity index (χ2v) is 4.84. The number of rotatable bonds is 6. The zero-order chi connectivity index (χ0) is 15.2. The molecule has 8 heteroatoms. The third kappa shape index (κ3) is 4.51. The van der Waals surface area contributed by atoms with E-state index in [-0.39, 0.29) is 18.1 Å². The molecule has 0 aromatic heterocycles. The summed E-state index contributed by atoms with van der Waals surface area (Å²) in [7, 11) is 0. The molecule has 1 aromatic carbocycles. The van der Waals surface area contributed by atoms with Crippen LogP contribution in [0.5, 0.6) is 5.75 Å². The Morgan fingerprint density at radius 3 is 2.62 bits per heavy atom. The zero-order valence-corrected chi connectivity index (χ0v) is 12.5. The topological polar surface area (TPSA) is 98.5 Å². The zero-order valence-electron chi connectivity index (χ0n) is 11.7. The highest BCUT2D eigenvalue weighted by Crippen LogP contribution is 2.15. The van der Waals surface area contributed by atoms with E-state index in [1.54, 1.807) is 12.1 Å². The Bertz CT molecular complexity index is 532. The van der Waals surface area contributed by atoms with Gasteiger partial charge in [0.25, 0.3) is 0 Å². The van der Waals surface area contributed by atoms with Gasteiger partial charge in [0, 0.05) is 11.4 Å². The van der Waals surface area contributed by atoms with Gasteiger partial charge in [0.1, 0.15) is 11.9 Å². The molecule has 0 spiro atoms. The average Bonchev–Trinajstić information content (AvgIpc) is 2.43. The molecule has 1 aliphatic heterocycles. The third-order valence-corrected chi connectivity index (χ3v) is 2.97. The first-order chi connectivity index (χ1) is 10.1. The van der Waals surface area contributed by atoms with Crippen LogP contribution in [-0.2, 0) is 4.84 Å². The predicted octanol–water partition coefficient (Wildman–Crippen LogP) is 1.33. The number of hydrogen-bond donors (Lipinski definition) is 2. The maximum Gasteiger partial charge on any atom is 0.225 e. The first-order valence-electron chi connectivity index (χ1n) is 6.54. The van der Waals surface area contributed by atoms with E-state index in [0.717, 1.165) is 5.75 Å². The molecule has 0 radical (unpaired) electrons. The molecule has 0 saturated heterocycles. The van der Waals surface area contributed by atoms with Crippen molar-refractivity contribution in [1.82, 2.24) is 5.06 Å². The molecule has 0 aliphatic carbocycles. The van der Waals surface area contributed by atoms with Crippen LogP contribution in [0.4, 0.5) is 0 Å². The van der Waals surface area contributed by atoms with Crippen molar-refractivity contribution < 1.29 is 9.57 Å². The van der Waals surface area contributed by atoms with E-state index >= 15 is 0 Å². The number of aliphatic imine (C=N–C) groups is 2. The van der Waals surface area contributed by atoms with E-state index in [2.05, 4.69) is 9.98 Å². The van der Waals surface area contributed by atoms with Crippen LogP contribution in [-0.4, -0.2) is 36.4 Å². The Hall–Kier alpha value is -1.99. The van der Waals surface area contributed by atoms with Gasteiger partial charge in [0.05, 0.1) is 13.2 Å². The second-order valence-electron chi connectivity index (χ2n) is 4.40. The van der Waals surface area contributed by atoms with Gasteiger partial charge in [-0.2, -0.15) is 10.1 Å². The first-order valence-corrected chi connectivity index (χ1v) is 6.92. The van der Waals surface area contributed by atoms with Crippen molar-refractivity contribution in [3.05, 3.63) is 29.3 Å². The molecule has 7 nitrogen and oxygen atoms in total. The van der Waals surface area contributed by atoms with Crippen LogP contribution in [0.1, 0.15) is 13.3 Å². The predicted molar refractivity (Wildman–Crippen MR) is 82.1 cm³/mol. The van der Waals surface area contributed by atoms with Gasteiger partial charge in [0.2, 0.25) is 11.9 Å². The minimum absolute atomic E-state index is 0.158. The summed E-state index contributed by atoms with van der Waals surface area (Å²) in [6.45, 7) is 2.77. The Morgan fingerprint density at radius 2 is 1.95 bits per heavy atom. The standard InChI is InChI=1S/C13H18ClN5O2/c1-9-17-12(15)18-13(16)19(9)21-8-2-7-20-11-5-3-10(14)4-6-11/h3-6,9H,2,7-8H2,1H3,(H4,15,16,17,18). The Kier molecular flexibility index (Phi) is 5.24. The van der Waals surface area contributed by atoms with E-state index in [1.165, 1.54) is 5.06 Å². The van der Waals surface area contributed by atoms with Crippen LogP contribution in [0.2, 0.25) is 5.02 Å². The van der Waals surface area contributed by atoms with Crippen molar-refractivity contribution in [2.75, 3.05) is 13.2 Å². The minimum Gasteiger partial charge on any atom is -0.494 e. The molecular weight excluding hydrogens is 294 g/mol. The summed E-state index contributed by atoms with van der Waals surface area (Å²) in [5, 5.41) is 2.11. The molecule has 0 amide bonds. The monoisotopic (exact) mass is 311 g/mol. The summed E-state index contributed by atoms with van der Waals surface area (Å²) in [5.41, 5.74) is 11.2. The van der Waals surface area contributed by atoms with E-state index in [0.29, 0.717) is 24.7 Å². The highest BCUT2D eigenvalue weighted by atomic mass is 35.5. The smallest absolute Gasteiger partial charge is 0.225 e. The molecule has 1 heterocycles. The Labute approximate surface area is 128 Å². The fourth-order valence-electron chi connectivity index (χ4n) is 1.75. The molecule has 0 fully saturated rings. The molecule has 2 rings (SSSR count). The van der Waals surface area contributed by atoms with Gasteiger partial charge in [-0.25, -0.2) is 4.99 Å². The number of hydroxylamine groups is 2. The van der Waals surface area contributed by atoms with Gasteiger partial charge in [-0.3, -0.25) is 4.84 Å². The van der Waals surface area contributed by atoms with E-state index in [1.807, 2.05) is 19.1 Å². The molecule has 1 aliphatic rings. The van der Waals surface area contributed by atoms with Crippen molar-refractivity contribution >= 4 is 23.5 Å². The number of ether oxygens (including phenoxy) is 1. The largest absolute Gasteiger partial charge is 0.494 e. The third-order valence-electron chi connectivity index (χ3n) is 2.71. The van der Waals surface area contributed by atoms with Gasteiger partial charge in [-0.05, 0) is 31.2 Å². The van der Waals surface area contributed by atoms with Gasteiger partial charge < -0.3 is 16.2 Å². The SMILES string of the molecule is CC1N=C(N)N=C(N)N1OCCCOc1ccc(Cl)cc1. The first kappa shape index (κ1) is 15.4. The van der Waals surface area contributed by atoms with Crippen molar-refractivity contribution in [3.63, 3.8) is 0 Å². The summed E-state index contributed by atoms with van der Waals surface area (Å²) in [4.78, 5) is 13.4. The molecule has 1 unspecified atom stereocenters. The van der Waals surface area contributed by atoms with Gasteiger partial charge in [0.15, 0.2) is 0 Å². The summed E-state index contributed by atoms with van der Waals surface area (Å²) < 4.78 is 5.55. The quantitative estimate of drug-likeness (QED) is 0.772. The highest BCUT2D eigenvalue weighted by Gasteiger charge is 2.21. The van der Waals surface area contributed by atoms with Crippen molar-refractivity contribution in [2.24, 2.45) is 21.5 Å². The number of guanidine groups is 2. The van der Waals surface area contributed by atoms with Gasteiger partial charge >= 0.3 is 0 Å². The Balaban J connectivity index is 1.68. The molecule has 1 atom stereocenters. The van der Waals surface area contributed by atoms with Crippen LogP contribution in [0.15, 0.2) is 34.3 Å². The van der Waals surface area contributed by atoms with Crippen LogP contribution >= 0.6 is 11.6 Å². The summed E-state index contributed by atoms with van der Waals surface area (Å²) in [6, 6.07) is 7.20. The molecule has 114 valence electrons. The fourth-order valence-corrected chi connectivity index (χ4v) is 1.87. The highest BCUT2D eigenvalue weighted by molar-refractivity contribution is 6.30. The van der Waals surface area contributed by atoms with Crippen molar-refractivity contribution in [1.29, 1.82) is 0 Å². The summed E-state index contributed by atoms with van der Waals surface area (Å²) in [5.74, 6) is 1.13. The second kappa shape index (κ2) is 7.14. The van der Waals surface area contributed by atoms with Crippen molar-refractivity contribution in [2.45, 2.75) is 19.5 Å². The molecule has 1 aromatic rings. The van der Waals surface area contributed by atoms with Crippen LogP contribution in [0.25, 0.3) is 0 Å². The lowest BCUT2D eigenvalue weighted by molar-refractivity contribution is -0.126. The van der Waals surface area contributed by atoms with E-state index < -0.39 is 0 Å². The van der Waals surface area contributed by atoms with Crippen LogP contribution in [0.3, 0.4) is 0 Å². The van der Waals surface area contributed by atoms with Gasteiger partial charge in [-0.1, -0.05) is 11.6 Å². The lowest BCUT2D eigenvalue weighted by Crippen LogP contribution is -2.47. The van der Waals surface area contributed by atoms with Crippen molar-refractivity contribution in [3.8, 4) is 5.75 Å². The van der Waals surface area contributed by atoms with E-state index in [4.69, 9.17) is 32.6 Å². The Morgan fingerprint density at radius 1 is 1.24 bits per heavy atom.